The minimum Gasteiger partial charge on any atom is -0.508 e. The van der Waals surface area contributed by atoms with Crippen LogP contribution in [0.1, 0.15) is 82.8 Å². The first-order valence-electron chi connectivity index (χ1n) is 11.7. The van der Waals surface area contributed by atoms with Gasteiger partial charge in [-0.2, -0.15) is 0 Å². The molecule has 0 radical (unpaired) electrons. The van der Waals surface area contributed by atoms with Gasteiger partial charge in [-0.1, -0.05) is 51.7 Å². The van der Waals surface area contributed by atoms with Gasteiger partial charge in [0.1, 0.15) is 5.75 Å². The third-order valence-electron chi connectivity index (χ3n) is 7.17. The Labute approximate surface area is 171 Å². The number of aromatic hydroxyl groups is 1. The molecule has 5 atom stereocenters. The Balaban J connectivity index is 1.59. The second kappa shape index (κ2) is 10.6. The molecule has 3 nitrogen and oxygen atoms in total. The predicted molar refractivity (Wildman–Crippen MR) is 115 cm³/mol. The summed E-state index contributed by atoms with van der Waals surface area (Å²) in [5.74, 6) is 1.88. The summed E-state index contributed by atoms with van der Waals surface area (Å²) in [6.07, 6.45) is 12.4. The number of hydrogen-bond acceptors (Lipinski definition) is 3. The highest BCUT2D eigenvalue weighted by Gasteiger charge is 2.44. The van der Waals surface area contributed by atoms with E-state index >= 15 is 0 Å². The highest BCUT2D eigenvalue weighted by molar-refractivity contribution is 5.42. The number of rotatable bonds is 11. The first kappa shape index (κ1) is 21.6. The molecule has 0 aliphatic heterocycles. The van der Waals surface area contributed by atoms with Gasteiger partial charge < -0.3 is 14.9 Å². The van der Waals surface area contributed by atoms with Crippen LogP contribution in [0.15, 0.2) is 18.2 Å². The molecule has 3 rings (SSSR count). The van der Waals surface area contributed by atoms with Gasteiger partial charge >= 0.3 is 0 Å². The van der Waals surface area contributed by atoms with Crippen LogP contribution in [0.25, 0.3) is 0 Å². The molecule has 28 heavy (non-hydrogen) atoms. The molecule has 1 fully saturated rings. The fourth-order valence-electron chi connectivity index (χ4n) is 5.52. The van der Waals surface area contributed by atoms with Crippen LogP contribution in [-0.2, 0) is 17.6 Å². The van der Waals surface area contributed by atoms with Crippen LogP contribution in [0.3, 0.4) is 0 Å². The van der Waals surface area contributed by atoms with Gasteiger partial charge in [0.2, 0.25) is 0 Å². The first-order valence-corrected chi connectivity index (χ1v) is 11.7. The first-order chi connectivity index (χ1) is 13.6. The molecule has 2 aliphatic carbocycles. The average molecular weight is 389 g/mol. The summed E-state index contributed by atoms with van der Waals surface area (Å²) in [5.41, 5.74) is 2.41. The molecular weight excluding hydrogens is 348 g/mol. The maximum atomic E-state index is 10.8. The molecule has 2 aliphatic rings. The van der Waals surface area contributed by atoms with Crippen molar-refractivity contribution in [3.63, 3.8) is 0 Å². The van der Waals surface area contributed by atoms with Crippen LogP contribution in [-0.4, -0.2) is 29.0 Å². The monoisotopic (exact) mass is 388 g/mol. The Hall–Kier alpha value is -1.06. The standard InChI is InChI=1S/C25H40O3/c1-3-5-7-10-20(28-14-6-4-2)12-13-21-22-15-18-9-8-11-24(26)23(18)16-19(22)17-25(21)27/h8-9,11,19-22,25-27H,3-7,10,12-17H2,1-2H3/t19?,20-,21+,22?,25+/m0/s1. The molecular formula is C25H40O3. The van der Waals surface area contributed by atoms with Crippen molar-refractivity contribution in [2.45, 2.75) is 96.7 Å². The molecule has 0 spiro atoms. The van der Waals surface area contributed by atoms with E-state index in [1.165, 1.54) is 31.2 Å². The third kappa shape index (κ3) is 5.30. The van der Waals surface area contributed by atoms with Gasteiger partial charge in [0.15, 0.2) is 0 Å². The molecule has 0 amide bonds. The SMILES string of the molecule is CCCCC[C@@H](CC[C@@H]1C2Cc3cccc(O)c3CC2C[C@H]1O)OCCCC. The smallest absolute Gasteiger partial charge is 0.119 e. The molecule has 2 N–H and O–H groups in total. The van der Waals surface area contributed by atoms with Gasteiger partial charge in [-0.05, 0) is 79.9 Å². The second-order valence-electron chi connectivity index (χ2n) is 9.13. The van der Waals surface area contributed by atoms with Crippen LogP contribution in [0, 0.1) is 17.8 Å². The number of unbranched alkanes of at least 4 members (excludes halogenated alkanes) is 3. The maximum absolute atomic E-state index is 10.8. The zero-order valence-electron chi connectivity index (χ0n) is 17.9. The minimum absolute atomic E-state index is 0.196. The molecule has 3 heteroatoms. The van der Waals surface area contributed by atoms with E-state index < -0.39 is 0 Å². The fourth-order valence-corrected chi connectivity index (χ4v) is 5.52. The van der Waals surface area contributed by atoms with Gasteiger partial charge in [0, 0.05) is 6.61 Å². The van der Waals surface area contributed by atoms with Gasteiger partial charge in [-0.15, -0.1) is 0 Å². The van der Waals surface area contributed by atoms with E-state index in [4.69, 9.17) is 4.74 Å². The van der Waals surface area contributed by atoms with E-state index in [1.807, 2.05) is 6.07 Å². The lowest BCUT2D eigenvalue weighted by atomic mass is 9.73. The van der Waals surface area contributed by atoms with E-state index in [-0.39, 0.29) is 6.10 Å². The Morgan fingerprint density at radius 1 is 1.07 bits per heavy atom. The zero-order chi connectivity index (χ0) is 19.9. The Bertz CT molecular complexity index is 589. The zero-order valence-corrected chi connectivity index (χ0v) is 17.9. The van der Waals surface area contributed by atoms with E-state index in [2.05, 4.69) is 19.9 Å². The second-order valence-corrected chi connectivity index (χ2v) is 9.13. The summed E-state index contributed by atoms with van der Waals surface area (Å²) >= 11 is 0. The summed E-state index contributed by atoms with van der Waals surface area (Å²) in [4.78, 5) is 0. The summed E-state index contributed by atoms with van der Waals surface area (Å²) in [5, 5.41) is 21.0. The van der Waals surface area contributed by atoms with E-state index in [1.54, 1.807) is 6.07 Å². The maximum Gasteiger partial charge on any atom is 0.119 e. The Morgan fingerprint density at radius 2 is 1.89 bits per heavy atom. The Morgan fingerprint density at radius 3 is 2.68 bits per heavy atom. The number of aliphatic hydroxyl groups is 1. The molecule has 1 aromatic carbocycles. The number of benzene rings is 1. The van der Waals surface area contributed by atoms with Crippen LogP contribution in [0.4, 0.5) is 0 Å². The number of fused-ring (bicyclic) bond motifs is 2. The number of phenols is 1. The van der Waals surface area contributed by atoms with Gasteiger partial charge in [0.05, 0.1) is 12.2 Å². The van der Waals surface area contributed by atoms with E-state index in [0.29, 0.717) is 29.6 Å². The lowest BCUT2D eigenvalue weighted by Gasteiger charge is -2.32. The Kier molecular flexibility index (Phi) is 8.23. The van der Waals surface area contributed by atoms with Crippen molar-refractivity contribution in [1.82, 2.24) is 0 Å². The van der Waals surface area contributed by atoms with Crippen molar-refractivity contribution in [3.05, 3.63) is 29.3 Å². The highest BCUT2D eigenvalue weighted by atomic mass is 16.5. The molecule has 2 unspecified atom stereocenters. The largest absolute Gasteiger partial charge is 0.508 e. The van der Waals surface area contributed by atoms with Crippen LogP contribution in [0.2, 0.25) is 0 Å². The van der Waals surface area contributed by atoms with Crippen molar-refractivity contribution in [2.75, 3.05) is 6.61 Å². The van der Waals surface area contributed by atoms with Crippen molar-refractivity contribution in [2.24, 2.45) is 17.8 Å². The summed E-state index contributed by atoms with van der Waals surface area (Å²) < 4.78 is 6.22. The molecule has 0 bridgehead atoms. The van der Waals surface area contributed by atoms with Crippen molar-refractivity contribution in [1.29, 1.82) is 0 Å². The normalized spacial score (nSPS) is 27.4. The fraction of sp³-hybridized carbons (Fsp3) is 0.760. The van der Waals surface area contributed by atoms with Crippen LogP contribution in [0.5, 0.6) is 5.75 Å². The van der Waals surface area contributed by atoms with E-state index in [9.17, 15) is 10.2 Å². The predicted octanol–water partition coefficient (Wildman–Crippen LogP) is 5.65. The van der Waals surface area contributed by atoms with Crippen molar-refractivity contribution >= 4 is 0 Å². The van der Waals surface area contributed by atoms with E-state index in [0.717, 1.165) is 57.1 Å². The highest BCUT2D eigenvalue weighted by Crippen LogP contribution is 2.48. The number of aliphatic hydroxyl groups excluding tert-OH is 1. The quantitative estimate of drug-likeness (QED) is 0.482. The average Bonchev–Trinajstić information content (AvgIpc) is 2.99. The van der Waals surface area contributed by atoms with Gasteiger partial charge in [-0.25, -0.2) is 0 Å². The number of ether oxygens (including phenoxy) is 1. The summed E-state index contributed by atoms with van der Waals surface area (Å²) in [7, 11) is 0. The lowest BCUT2D eigenvalue weighted by Crippen LogP contribution is -2.28. The summed E-state index contributed by atoms with van der Waals surface area (Å²) in [6, 6.07) is 5.92. The molecule has 1 aromatic rings. The van der Waals surface area contributed by atoms with Gasteiger partial charge in [-0.3, -0.25) is 0 Å². The molecule has 0 saturated heterocycles. The third-order valence-corrected chi connectivity index (χ3v) is 7.17. The molecule has 0 heterocycles. The number of phenolic OH excluding ortho intramolecular Hbond substituents is 1. The van der Waals surface area contributed by atoms with Crippen molar-refractivity contribution < 1.29 is 14.9 Å². The molecule has 1 saturated carbocycles. The van der Waals surface area contributed by atoms with Crippen LogP contribution >= 0.6 is 0 Å². The van der Waals surface area contributed by atoms with Gasteiger partial charge in [0.25, 0.3) is 0 Å². The molecule has 0 aromatic heterocycles. The topological polar surface area (TPSA) is 49.7 Å². The number of hydrogen-bond donors (Lipinski definition) is 2. The summed E-state index contributed by atoms with van der Waals surface area (Å²) in [6.45, 7) is 5.34. The van der Waals surface area contributed by atoms with Crippen LogP contribution < -0.4 is 0 Å². The molecule has 158 valence electrons. The lowest BCUT2D eigenvalue weighted by molar-refractivity contribution is 0.0249. The minimum atomic E-state index is -0.196. The van der Waals surface area contributed by atoms with Crippen molar-refractivity contribution in [3.8, 4) is 5.75 Å².